The van der Waals surface area contributed by atoms with E-state index in [4.69, 9.17) is 16.3 Å². The average molecular weight is 277 g/mol. The first-order valence-corrected chi connectivity index (χ1v) is 5.25. The number of carbonyl (C=O) groups is 1. The van der Waals surface area contributed by atoms with Crippen LogP contribution in [0.2, 0.25) is 5.02 Å². The Morgan fingerprint density at radius 3 is 3.07 bits per heavy atom. The van der Waals surface area contributed by atoms with E-state index in [0.717, 1.165) is 4.47 Å². The minimum absolute atomic E-state index is 0.152. The van der Waals surface area contributed by atoms with Gasteiger partial charge in [-0.3, -0.25) is 4.79 Å². The number of hydrogen-bond acceptors (Lipinski definition) is 2. The Bertz CT molecular complexity index is 395. The fourth-order valence-electron chi connectivity index (χ4n) is 1.29. The molecule has 0 aliphatic carbocycles. The van der Waals surface area contributed by atoms with Crippen LogP contribution in [0.25, 0.3) is 0 Å². The third-order valence-electron chi connectivity index (χ3n) is 1.89. The van der Waals surface area contributed by atoms with Crippen molar-refractivity contribution < 1.29 is 9.53 Å². The predicted molar refractivity (Wildman–Crippen MR) is 57.0 cm³/mol. The first-order valence-electron chi connectivity index (χ1n) is 4.08. The van der Waals surface area contributed by atoms with Crippen molar-refractivity contribution in [2.45, 2.75) is 0 Å². The number of hydrogen-bond donors (Lipinski definition) is 1. The van der Waals surface area contributed by atoms with E-state index < -0.39 is 0 Å². The summed E-state index contributed by atoms with van der Waals surface area (Å²) in [7, 11) is 0. The zero-order valence-corrected chi connectivity index (χ0v) is 9.48. The second kappa shape index (κ2) is 3.79. The van der Waals surface area contributed by atoms with E-state index in [1.165, 1.54) is 0 Å². The Kier molecular flexibility index (Phi) is 2.65. The lowest BCUT2D eigenvalue weighted by Crippen LogP contribution is -2.24. The summed E-state index contributed by atoms with van der Waals surface area (Å²) in [4.78, 5) is 11.5. The van der Waals surface area contributed by atoms with E-state index in [1.54, 1.807) is 12.1 Å². The molecule has 5 heteroatoms. The molecule has 0 unspecified atom stereocenters. The van der Waals surface area contributed by atoms with Gasteiger partial charge >= 0.3 is 0 Å². The van der Waals surface area contributed by atoms with Crippen molar-refractivity contribution in [1.82, 2.24) is 5.32 Å². The molecular weight excluding hydrogens is 269 g/mol. The summed E-state index contributed by atoms with van der Waals surface area (Å²) in [5.74, 6) is 0.311. The molecule has 0 fully saturated rings. The summed E-state index contributed by atoms with van der Waals surface area (Å²) in [6.45, 7) is 0.946. The standard InChI is InChI=1S/C9H7BrClNO2/c10-5-3-6-8(7(11)4-5)14-2-1-12-9(6)13/h3-4H,1-2H2,(H,12,13). The SMILES string of the molecule is O=C1NCCOc2c(Cl)cc(Br)cc21. The maximum Gasteiger partial charge on any atom is 0.255 e. The fourth-order valence-corrected chi connectivity index (χ4v) is 2.15. The lowest BCUT2D eigenvalue weighted by atomic mass is 10.2. The van der Waals surface area contributed by atoms with Gasteiger partial charge in [-0.2, -0.15) is 0 Å². The highest BCUT2D eigenvalue weighted by Crippen LogP contribution is 2.33. The Hall–Kier alpha value is -0.740. The van der Waals surface area contributed by atoms with E-state index in [-0.39, 0.29) is 5.91 Å². The van der Waals surface area contributed by atoms with Crippen LogP contribution in [0.5, 0.6) is 5.75 Å². The highest BCUT2D eigenvalue weighted by Gasteiger charge is 2.19. The van der Waals surface area contributed by atoms with E-state index >= 15 is 0 Å². The Balaban J connectivity index is 2.58. The van der Waals surface area contributed by atoms with Gasteiger partial charge in [-0.25, -0.2) is 0 Å². The molecule has 14 heavy (non-hydrogen) atoms. The third kappa shape index (κ3) is 1.72. The summed E-state index contributed by atoms with van der Waals surface area (Å²) in [6, 6.07) is 3.40. The molecule has 3 nitrogen and oxygen atoms in total. The Morgan fingerprint density at radius 1 is 1.50 bits per heavy atom. The number of carbonyl (C=O) groups excluding carboxylic acids is 1. The van der Waals surface area contributed by atoms with Crippen molar-refractivity contribution in [3.63, 3.8) is 0 Å². The predicted octanol–water partition coefficient (Wildman–Crippen LogP) is 2.22. The molecule has 74 valence electrons. The van der Waals surface area contributed by atoms with E-state index in [2.05, 4.69) is 21.2 Å². The van der Waals surface area contributed by atoms with E-state index in [9.17, 15) is 4.79 Å². The van der Waals surface area contributed by atoms with Gasteiger partial charge in [0.25, 0.3) is 5.91 Å². The van der Waals surface area contributed by atoms with Crippen molar-refractivity contribution in [2.75, 3.05) is 13.2 Å². The Morgan fingerprint density at radius 2 is 2.29 bits per heavy atom. The smallest absolute Gasteiger partial charge is 0.255 e. The minimum atomic E-state index is -0.152. The molecular formula is C9H7BrClNO2. The number of nitrogens with one attached hydrogen (secondary N) is 1. The number of ether oxygens (including phenoxy) is 1. The second-order valence-corrected chi connectivity index (χ2v) is 4.19. The van der Waals surface area contributed by atoms with Gasteiger partial charge in [-0.15, -0.1) is 0 Å². The summed E-state index contributed by atoms with van der Waals surface area (Å²) in [5.41, 5.74) is 0.474. The topological polar surface area (TPSA) is 38.3 Å². The number of benzene rings is 1. The number of rotatable bonds is 0. The molecule has 1 heterocycles. The monoisotopic (exact) mass is 275 g/mol. The van der Waals surface area contributed by atoms with Crippen LogP contribution in [0.4, 0.5) is 0 Å². The highest BCUT2D eigenvalue weighted by atomic mass is 79.9. The lowest BCUT2D eigenvalue weighted by Gasteiger charge is -2.07. The first kappa shape index (κ1) is 9.80. The number of amides is 1. The molecule has 2 rings (SSSR count). The van der Waals surface area contributed by atoms with Crippen LogP contribution < -0.4 is 10.1 Å². The molecule has 1 aliphatic heterocycles. The summed E-state index contributed by atoms with van der Waals surface area (Å²) < 4.78 is 6.13. The van der Waals surface area contributed by atoms with Crippen LogP contribution in [0.15, 0.2) is 16.6 Å². The van der Waals surface area contributed by atoms with Crippen LogP contribution in [-0.2, 0) is 0 Å². The van der Waals surface area contributed by atoms with Gasteiger partial charge in [0.15, 0.2) is 5.75 Å². The van der Waals surface area contributed by atoms with E-state index in [0.29, 0.717) is 29.5 Å². The molecule has 1 N–H and O–H groups in total. The van der Waals surface area contributed by atoms with Crippen molar-refractivity contribution in [1.29, 1.82) is 0 Å². The average Bonchev–Trinajstić information content (AvgIpc) is 2.29. The normalized spacial score (nSPS) is 15.1. The van der Waals surface area contributed by atoms with Gasteiger partial charge in [0, 0.05) is 4.47 Å². The molecule has 0 aromatic heterocycles. The van der Waals surface area contributed by atoms with Gasteiger partial charge < -0.3 is 10.1 Å². The fraction of sp³-hybridized carbons (Fsp3) is 0.222. The van der Waals surface area contributed by atoms with E-state index in [1.807, 2.05) is 0 Å². The molecule has 1 aromatic rings. The molecule has 1 aromatic carbocycles. The second-order valence-electron chi connectivity index (χ2n) is 2.87. The summed E-state index contributed by atoms with van der Waals surface area (Å²) >= 11 is 9.22. The highest BCUT2D eigenvalue weighted by molar-refractivity contribution is 9.10. The maximum absolute atomic E-state index is 11.5. The molecule has 0 bridgehead atoms. The lowest BCUT2D eigenvalue weighted by molar-refractivity contribution is 0.0957. The summed E-state index contributed by atoms with van der Waals surface area (Å²) in [5, 5.41) is 3.16. The Labute approximate surface area is 94.5 Å². The largest absolute Gasteiger partial charge is 0.489 e. The quantitative estimate of drug-likeness (QED) is 0.789. The van der Waals surface area contributed by atoms with Crippen molar-refractivity contribution in [2.24, 2.45) is 0 Å². The molecule has 1 amide bonds. The molecule has 1 aliphatic rings. The van der Waals surface area contributed by atoms with Gasteiger partial charge in [0.1, 0.15) is 6.61 Å². The van der Waals surface area contributed by atoms with Gasteiger partial charge in [-0.05, 0) is 12.1 Å². The van der Waals surface area contributed by atoms with Crippen LogP contribution in [-0.4, -0.2) is 19.1 Å². The maximum atomic E-state index is 11.5. The molecule has 0 saturated carbocycles. The number of fused-ring (bicyclic) bond motifs is 1. The summed E-state index contributed by atoms with van der Waals surface area (Å²) in [6.07, 6.45) is 0. The minimum Gasteiger partial charge on any atom is -0.489 e. The van der Waals surface area contributed by atoms with Crippen LogP contribution in [0.1, 0.15) is 10.4 Å². The van der Waals surface area contributed by atoms with Gasteiger partial charge in [0.2, 0.25) is 0 Å². The third-order valence-corrected chi connectivity index (χ3v) is 2.63. The van der Waals surface area contributed by atoms with Crippen LogP contribution >= 0.6 is 27.5 Å². The number of halogens is 2. The molecule has 0 atom stereocenters. The molecule has 0 radical (unpaired) electrons. The van der Waals surface area contributed by atoms with Gasteiger partial charge in [-0.1, -0.05) is 27.5 Å². The molecule has 0 saturated heterocycles. The van der Waals surface area contributed by atoms with Crippen molar-refractivity contribution >= 4 is 33.4 Å². The zero-order chi connectivity index (χ0) is 10.1. The first-order chi connectivity index (χ1) is 6.68. The van der Waals surface area contributed by atoms with Crippen molar-refractivity contribution in [3.05, 3.63) is 27.2 Å². The zero-order valence-electron chi connectivity index (χ0n) is 7.14. The van der Waals surface area contributed by atoms with Crippen LogP contribution in [0.3, 0.4) is 0 Å². The van der Waals surface area contributed by atoms with Crippen molar-refractivity contribution in [3.8, 4) is 5.75 Å². The molecule has 0 spiro atoms. The van der Waals surface area contributed by atoms with Gasteiger partial charge in [0.05, 0.1) is 17.1 Å². The van der Waals surface area contributed by atoms with Crippen LogP contribution in [0, 0.1) is 0 Å².